The predicted molar refractivity (Wildman–Crippen MR) is 68.9 cm³/mol. The van der Waals surface area contributed by atoms with Crippen molar-refractivity contribution >= 4 is 11.8 Å². The first-order valence-electron chi connectivity index (χ1n) is 6.43. The second kappa shape index (κ2) is 5.82. The van der Waals surface area contributed by atoms with Gasteiger partial charge in [0.2, 0.25) is 5.91 Å². The molecule has 2 amide bonds. The standard InChI is InChI=1S/C14H17FN2O2/c15-11-6-4-10(5-7-11)14(19)17-8-2-1-3-12(17)9-13(16)18/h4-7,12H,1-3,8-9H2,(H2,16,18)/t12-/m0/s1. The van der Waals surface area contributed by atoms with Crippen LogP contribution in [0.2, 0.25) is 0 Å². The molecule has 19 heavy (non-hydrogen) atoms. The van der Waals surface area contributed by atoms with Crippen LogP contribution in [0.15, 0.2) is 24.3 Å². The van der Waals surface area contributed by atoms with Crippen LogP contribution in [0.25, 0.3) is 0 Å². The second-order valence-corrected chi connectivity index (χ2v) is 4.83. The van der Waals surface area contributed by atoms with E-state index in [1.165, 1.54) is 24.3 Å². The third-order valence-electron chi connectivity index (χ3n) is 3.42. The molecule has 0 bridgehead atoms. The van der Waals surface area contributed by atoms with Gasteiger partial charge >= 0.3 is 0 Å². The van der Waals surface area contributed by atoms with Crippen molar-refractivity contribution in [2.75, 3.05) is 6.54 Å². The van der Waals surface area contributed by atoms with Crippen molar-refractivity contribution in [2.45, 2.75) is 31.7 Å². The Hall–Kier alpha value is -1.91. The summed E-state index contributed by atoms with van der Waals surface area (Å²) in [6.07, 6.45) is 2.89. The summed E-state index contributed by atoms with van der Waals surface area (Å²) >= 11 is 0. The van der Waals surface area contributed by atoms with Crippen LogP contribution in [0, 0.1) is 5.82 Å². The van der Waals surface area contributed by atoms with Crippen LogP contribution in [0.5, 0.6) is 0 Å². The molecule has 2 rings (SSSR count). The van der Waals surface area contributed by atoms with Crippen molar-refractivity contribution in [1.82, 2.24) is 4.90 Å². The zero-order chi connectivity index (χ0) is 13.8. The van der Waals surface area contributed by atoms with Gasteiger partial charge in [0.1, 0.15) is 5.82 Å². The number of nitrogens with two attached hydrogens (primary N) is 1. The molecule has 0 saturated carbocycles. The SMILES string of the molecule is NC(=O)C[C@@H]1CCCCN1C(=O)c1ccc(F)cc1. The normalized spacial score (nSPS) is 19.2. The quantitative estimate of drug-likeness (QED) is 0.903. The van der Waals surface area contributed by atoms with E-state index in [4.69, 9.17) is 5.73 Å². The van der Waals surface area contributed by atoms with Gasteiger partial charge in [-0.2, -0.15) is 0 Å². The molecular formula is C14H17FN2O2. The van der Waals surface area contributed by atoms with E-state index >= 15 is 0 Å². The summed E-state index contributed by atoms with van der Waals surface area (Å²) in [6.45, 7) is 0.619. The van der Waals surface area contributed by atoms with E-state index in [-0.39, 0.29) is 24.2 Å². The van der Waals surface area contributed by atoms with Crippen molar-refractivity contribution in [2.24, 2.45) is 5.73 Å². The van der Waals surface area contributed by atoms with E-state index in [1.807, 2.05) is 0 Å². The van der Waals surface area contributed by atoms with Crippen molar-refractivity contribution in [3.63, 3.8) is 0 Å². The number of amides is 2. The Morgan fingerprint density at radius 3 is 2.58 bits per heavy atom. The Morgan fingerprint density at radius 1 is 1.26 bits per heavy atom. The lowest BCUT2D eigenvalue weighted by Gasteiger charge is -2.35. The summed E-state index contributed by atoms with van der Waals surface area (Å²) in [5.41, 5.74) is 5.66. The molecule has 0 aromatic heterocycles. The van der Waals surface area contributed by atoms with Crippen LogP contribution >= 0.6 is 0 Å². The lowest BCUT2D eigenvalue weighted by Crippen LogP contribution is -2.45. The number of hydrogen-bond acceptors (Lipinski definition) is 2. The van der Waals surface area contributed by atoms with E-state index in [0.717, 1.165) is 19.3 Å². The van der Waals surface area contributed by atoms with Gasteiger partial charge in [-0.15, -0.1) is 0 Å². The first-order chi connectivity index (χ1) is 9.08. The van der Waals surface area contributed by atoms with Crippen molar-refractivity contribution < 1.29 is 14.0 Å². The molecular weight excluding hydrogens is 247 g/mol. The highest BCUT2D eigenvalue weighted by atomic mass is 19.1. The number of likely N-dealkylation sites (tertiary alicyclic amines) is 1. The number of carbonyl (C=O) groups excluding carboxylic acids is 2. The van der Waals surface area contributed by atoms with Gasteiger partial charge in [-0.3, -0.25) is 9.59 Å². The first kappa shape index (κ1) is 13.5. The van der Waals surface area contributed by atoms with E-state index in [1.54, 1.807) is 4.90 Å². The van der Waals surface area contributed by atoms with E-state index in [0.29, 0.717) is 12.1 Å². The monoisotopic (exact) mass is 264 g/mol. The molecule has 1 aromatic carbocycles. The summed E-state index contributed by atoms with van der Waals surface area (Å²) in [7, 11) is 0. The van der Waals surface area contributed by atoms with Gasteiger partial charge in [0.15, 0.2) is 0 Å². The largest absolute Gasteiger partial charge is 0.370 e. The summed E-state index contributed by atoms with van der Waals surface area (Å²) < 4.78 is 12.9. The molecule has 0 radical (unpaired) electrons. The molecule has 0 aliphatic carbocycles. The van der Waals surface area contributed by atoms with Crippen LogP contribution in [0.4, 0.5) is 4.39 Å². The van der Waals surface area contributed by atoms with Gasteiger partial charge in [0, 0.05) is 24.6 Å². The Morgan fingerprint density at radius 2 is 1.95 bits per heavy atom. The number of primary amides is 1. The van der Waals surface area contributed by atoms with E-state index in [2.05, 4.69) is 0 Å². The minimum atomic E-state index is -0.399. The fourth-order valence-electron chi connectivity index (χ4n) is 2.47. The molecule has 1 aliphatic heterocycles. The van der Waals surface area contributed by atoms with Gasteiger partial charge in [-0.1, -0.05) is 0 Å². The summed E-state index contributed by atoms with van der Waals surface area (Å²) in [5, 5.41) is 0. The van der Waals surface area contributed by atoms with E-state index in [9.17, 15) is 14.0 Å². The molecule has 1 aliphatic rings. The Labute approximate surface area is 111 Å². The number of rotatable bonds is 3. The smallest absolute Gasteiger partial charge is 0.254 e. The highest BCUT2D eigenvalue weighted by molar-refractivity contribution is 5.94. The minimum absolute atomic E-state index is 0.135. The predicted octanol–water partition coefficient (Wildman–Crippen LogP) is 1.70. The highest BCUT2D eigenvalue weighted by Gasteiger charge is 2.28. The van der Waals surface area contributed by atoms with Gasteiger partial charge < -0.3 is 10.6 Å². The van der Waals surface area contributed by atoms with Crippen molar-refractivity contribution in [1.29, 1.82) is 0 Å². The van der Waals surface area contributed by atoms with Crippen molar-refractivity contribution in [3.8, 4) is 0 Å². The topological polar surface area (TPSA) is 63.4 Å². The second-order valence-electron chi connectivity index (χ2n) is 4.83. The molecule has 1 heterocycles. The maximum atomic E-state index is 12.9. The van der Waals surface area contributed by atoms with Gasteiger partial charge in [-0.05, 0) is 43.5 Å². The zero-order valence-electron chi connectivity index (χ0n) is 10.6. The Bertz CT molecular complexity index is 473. The summed E-state index contributed by atoms with van der Waals surface area (Å²) in [4.78, 5) is 25.1. The average molecular weight is 264 g/mol. The summed E-state index contributed by atoms with van der Waals surface area (Å²) in [6, 6.07) is 5.32. The molecule has 2 N–H and O–H groups in total. The van der Waals surface area contributed by atoms with Crippen LogP contribution in [0.3, 0.4) is 0 Å². The molecule has 0 spiro atoms. The fourth-order valence-corrected chi connectivity index (χ4v) is 2.47. The number of nitrogens with zero attached hydrogens (tertiary/aromatic N) is 1. The van der Waals surface area contributed by atoms with Gasteiger partial charge in [0.25, 0.3) is 5.91 Å². The maximum absolute atomic E-state index is 12.9. The Kier molecular flexibility index (Phi) is 4.14. The Balaban J connectivity index is 2.15. The number of benzene rings is 1. The molecule has 102 valence electrons. The average Bonchev–Trinajstić information content (AvgIpc) is 2.39. The molecule has 1 saturated heterocycles. The maximum Gasteiger partial charge on any atom is 0.254 e. The first-order valence-corrected chi connectivity index (χ1v) is 6.43. The van der Waals surface area contributed by atoms with Gasteiger partial charge in [-0.25, -0.2) is 4.39 Å². The van der Waals surface area contributed by atoms with E-state index < -0.39 is 5.91 Å². The molecule has 1 aromatic rings. The highest BCUT2D eigenvalue weighted by Crippen LogP contribution is 2.22. The van der Waals surface area contributed by atoms with Crippen LogP contribution in [-0.2, 0) is 4.79 Å². The number of halogens is 1. The lowest BCUT2D eigenvalue weighted by molar-refractivity contribution is -0.119. The third-order valence-corrected chi connectivity index (χ3v) is 3.42. The molecule has 1 fully saturated rings. The number of piperidine rings is 1. The van der Waals surface area contributed by atoms with Gasteiger partial charge in [0.05, 0.1) is 0 Å². The number of carbonyl (C=O) groups is 2. The molecule has 1 atom stereocenters. The fraction of sp³-hybridized carbons (Fsp3) is 0.429. The van der Waals surface area contributed by atoms with Crippen LogP contribution in [-0.4, -0.2) is 29.3 Å². The van der Waals surface area contributed by atoms with Crippen LogP contribution in [0.1, 0.15) is 36.0 Å². The third kappa shape index (κ3) is 3.30. The zero-order valence-corrected chi connectivity index (χ0v) is 10.6. The minimum Gasteiger partial charge on any atom is -0.370 e. The van der Waals surface area contributed by atoms with Crippen LogP contribution < -0.4 is 5.73 Å². The molecule has 5 heteroatoms. The summed E-state index contributed by atoms with van der Waals surface area (Å²) in [5.74, 6) is -0.932. The molecule has 0 unspecified atom stereocenters. The number of hydrogen-bond donors (Lipinski definition) is 1. The molecule has 4 nitrogen and oxygen atoms in total. The van der Waals surface area contributed by atoms with Crippen molar-refractivity contribution in [3.05, 3.63) is 35.6 Å². The lowest BCUT2D eigenvalue weighted by atomic mass is 9.98.